The Bertz CT molecular complexity index is 3520. The number of carbonyl (C=O) groups is 7. The third-order valence-corrected chi connectivity index (χ3v) is 33.6. The molecular weight excluding hydrogens is 1470 g/mol. The van der Waals surface area contributed by atoms with Gasteiger partial charge in [0.2, 0.25) is 0 Å². The number of rotatable bonds is 20. The molecule has 0 bridgehead atoms. The number of likely N-dealkylation sites (N-methyl/N-ethyl adjacent to an activating group) is 2. The van der Waals surface area contributed by atoms with E-state index in [1.807, 2.05) is 57.9 Å². The lowest BCUT2D eigenvalue weighted by Crippen LogP contribution is -2.60. The first-order chi connectivity index (χ1) is 51.6. The fourth-order valence-electron chi connectivity index (χ4n) is 15.2. The van der Waals surface area contributed by atoms with Crippen LogP contribution in [0.3, 0.4) is 0 Å². The minimum Gasteiger partial charge on any atom is -0.459 e. The highest BCUT2D eigenvalue weighted by Gasteiger charge is 2.55. The normalized spacial score (nSPS) is 36.0. The van der Waals surface area contributed by atoms with Gasteiger partial charge in [-0.1, -0.05) is 119 Å². The molecular formula is C86H140N2O22Si2. The van der Waals surface area contributed by atoms with E-state index < -0.39 is 160 Å². The quantitative estimate of drug-likeness (QED) is 0.0480. The van der Waals surface area contributed by atoms with Gasteiger partial charge in [0.1, 0.15) is 29.3 Å². The Morgan fingerprint density at radius 3 is 1.24 bits per heavy atom. The molecule has 0 saturated carbocycles. The van der Waals surface area contributed by atoms with Gasteiger partial charge in [0, 0.05) is 37.9 Å². The zero-order valence-corrected chi connectivity index (χ0v) is 75.0. The van der Waals surface area contributed by atoms with E-state index in [0.717, 1.165) is 0 Å². The first-order valence-corrected chi connectivity index (χ1v) is 45.9. The van der Waals surface area contributed by atoms with Gasteiger partial charge in [0.05, 0.1) is 84.1 Å². The zero-order valence-electron chi connectivity index (χ0n) is 73.0. The average molecular weight is 1610 g/mol. The molecule has 3 N–H and O–H groups in total. The first kappa shape index (κ1) is 97.3. The molecule has 2 unspecified atom stereocenters. The monoisotopic (exact) mass is 1610 g/mol. The van der Waals surface area contributed by atoms with Gasteiger partial charge < -0.3 is 81.3 Å². The Labute approximate surface area is 671 Å². The number of hydrogen-bond acceptors (Lipinski definition) is 24. The van der Waals surface area contributed by atoms with Crippen LogP contribution in [0.5, 0.6) is 0 Å². The summed E-state index contributed by atoms with van der Waals surface area (Å²) in [5.41, 5.74) is -4.97. The summed E-state index contributed by atoms with van der Waals surface area (Å²) in [7, 11) is 5.78. The number of hydrogen-bond donors (Lipinski definition) is 3. The van der Waals surface area contributed by atoms with Gasteiger partial charge in [-0.3, -0.25) is 24.0 Å². The Morgan fingerprint density at radius 2 is 0.902 bits per heavy atom. The number of aliphatic hydroxyl groups excluding tert-OH is 1. The van der Waals surface area contributed by atoms with Crippen molar-refractivity contribution in [1.29, 1.82) is 0 Å². The van der Waals surface area contributed by atoms with E-state index in [4.69, 9.17) is 56.2 Å². The molecule has 4 heterocycles. The lowest BCUT2D eigenvalue weighted by molar-refractivity contribution is -0.300. The standard InChI is InChI=1S/C43H71NO11Si.C43H69NO11Si/c2*1-16-33-43(49,25-51-56(14,15)41(7,8)9)24-27(3)34(45)26(2)23-42(10,50-13)37(29(5)35(46)30(6)38(47)53-33)55-40-36(32(44(11)12)22-28(4)52-40)54-39(48)31-20-18-17-19-21-31/h17-21,24,26,28-30,32-33,35-37,40,46,49H,16,22-23,25H2,1-15H3;17-21,24,26,28-30,32-33,36-37,40,49H,16,22-23,25H2,1-15H3/b2*27-24+/t26-,28-,29+,30-,32+,33-,35+,36-,37-,40?,42+,43-;26-,28-,29+,30-,32+,33-,36-,37-,40?,42+,43-/m11/s1. The van der Waals surface area contributed by atoms with Gasteiger partial charge in [0.15, 0.2) is 58.8 Å². The molecule has 2 saturated heterocycles. The maximum atomic E-state index is 14.5. The Balaban J connectivity index is 0.000000400. The van der Waals surface area contributed by atoms with E-state index in [2.05, 4.69) is 67.7 Å². The molecule has 0 aliphatic carbocycles. The number of allylic oxidation sites excluding steroid dienone is 2. The highest BCUT2D eigenvalue weighted by atomic mass is 28.4. The molecule has 26 heteroatoms. The predicted octanol–water partition coefficient (Wildman–Crippen LogP) is 12.9. The second-order valence-corrected chi connectivity index (χ2v) is 45.8. The van der Waals surface area contributed by atoms with E-state index in [-0.39, 0.29) is 96.0 Å². The van der Waals surface area contributed by atoms with Crippen molar-refractivity contribution < 1.29 is 105 Å². The molecule has 112 heavy (non-hydrogen) atoms. The molecule has 23 atom stereocenters. The molecule has 0 amide bonds. The number of aliphatic hydroxyl groups is 3. The fraction of sp³-hybridized carbons (Fsp3) is 0.733. The number of benzene rings is 2. The summed E-state index contributed by atoms with van der Waals surface area (Å²) in [6.45, 7) is 44.6. The summed E-state index contributed by atoms with van der Waals surface area (Å²) in [4.78, 5) is 102. The minimum atomic E-state index is -2.40. The Hall–Kier alpha value is -5.28. The van der Waals surface area contributed by atoms with Crippen molar-refractivity contribution >= 4 is 57.9 Å². The summed E-state index contributed by atoms with van der Waals surface area (Å²) in [5, 5.41) is 36.3. The number of esters is 4. The van der Waals surface area contributed by atoms with Crippen LogP contribution in [0, 0.1) is 35.5 Å². The topological polar surface area (TPSA) is 297 Å². The molecule has 4 aliphatic heterocycles. The van der Waals surface area contributed by atoms with Crippen LogP contribution < -0.4 is 0 Å². The van der Waals surface area contributed by atoms with Crippen molar-refractivity contribution in [3.63, 3.8) is 0 Å². The van der Waals surface area contributed by atoms with Crippen LogP contribution >= 0.6 is 0 Å². The largest absolute Gasteiger partial charge is 0.459 e. The van der Waals surface area contributed by atoms with Gasteiger partial charge in [-0.05, 0) is 206 Å². The average Bonchev–Trinajstić information content (AvgIpc) is 0.767. The zero-order chi connectivity index (χ0) is 85.1. The second kappa shape index (κ2) is 39.8. The maximum absolute atomic E-state index is 14.5. The predicted molar refractivity (Wildman–Crippen MR) is 434 cm³/mol. The van der Waals surface area contributed by atoms with Gasteiger partial charge >= 0.3 is 23.9 Å². The molecule has 2 aromatic rings. The first-order valence-electron chi connectivity index (χ1n) is 40.0. The number of nitrogens with zero attached hydrogens (tertiary/aromatic N) is 2. The molecule has 24 nitrogen and oxygen atoms in total. The smallest absolute Gasteiger partial charge is 0.338 e. The van der Waals surface area contributed by atoms with E-state index in [1.54, 1.807) is 131 Å². The van der Waals surface area contributed by atoms with Crippen LogP contribution in [-0.2, 0) is 80.2 Å². The number of Topliss-reactive ketones (excluding diaryl/α,β-unsaturated/α-hetero) is 3. The van der Waals surface area contributed by atoms with Gasteiger partial charge in [-0.25, -0.2) is 9.59 Å². The molecule has 0 spiro atoms. The molecule has 6 rings (SSSR count). The number of carbonyl (C=O) groups excluding carboxylic acids is 7. The second-order valence-electron chi connectivity index (χ2n) is 36.2. The van der Waals surface area contributed by atoms with Crippen molar-refractivity contribution in [2.75, 3.05) is 55.6 Å². The van der Waals surface area contributed by atoms with Crippen molar-refractivity contribution in [2.45, 2.75) is 315 Å². The van der Waals surface area contributed by atoms with Crippen molar-refractivity contribution in [2.24, 2.45) is 35.5 Å². The fourth-order valence-corrected chi connectivity index (χ4v) is 17.2. The highest BCUT2D eigenvalue weighted by Crippen LogP contribution is 2.44. The highest BCUT2D eigenvalue weighted by molar-refractivity contribution is 6.74. The summed E-state index contributed by atoms with van der Waals surface area (Å²) < 4.78 is 76.3. The van der Waals surface area contributed by atoms with Crippen LogP contribution in [0.1, 0.15) is 198 Å². The van der Waals surface area contributed by atoms with Crippen molar-refractivity contribution in [1.82, 2.24) is 9.80 Å². The molecule has 0 aromatic heterocycles. The SMILES string of the molecule is CC[C@H]1OC(=O)[C@H](C)C(=O)[C@H](C)[C@@H](OC2O[C@H](C)C[C@H](N(C)C)[C@H]2OC(=O)c2ccccc2)[C@@](C)(OC)C[C@@H](C)C(=O)/C(C)=C/[C@@]1(O)CO[Si](C)(C)C(C)(C)C.CC[C@H]1OC(=O)[C@H](C)[C@@H](O)[C@H](C)[C@@H](OC2O[C@H](C)C[C@H](N(C)C)[C@H]2OC(=O)c2ccccc2)[C@@](C)(OC)C[C@@H](C)C(=O)/C(C)=C/[C@@]1(O)CO[Si](C)(C)C(C)(C)C. The summed E-state index contributed by atoms with van der Waals surface area (Å²) in [6.07, 6.45) is -5.66. The van der Waals surface area contributed by atoms with E-state index >= 15 is 0 Å². The van der Waals surface area contributed by atoms with Crippen molar-refractivity contribution in [3.8, 4) is 0 Å². The van der Waals surface area contributed by atoms with Crippen molar-refractivity contribution in [3.05, 3.63) is 95.1 Å². The van der Waals surface area contributed by atoms with Crippen LogP contribution in [0.2, 0.25) is 36.3 Å². The van der Waals surface area contributed by atoms with E-state index in [1.165, 1.54) is 33.3 Å². The third-order valence-electron chi connectivity index (χ3n) is 24.6. The van der Waals surface area contributed by atoms with Crippen LogP contribution in [0.25, 0.3) is 0 Å². The van der Waals surface area contributed by atoms with Gasteiger partial charge in [0.25, 0.3) is 0 Å². The third kappa shape index (κ3) is 24.0. The number of ketones is 3. The lowest BCUT2D eigenvalue weighted by atomic mass is 9.76. The van der Waals surface area contributed by atoms with Crippen LogP contribution in [-0.4, -0.2) is 241 Å². The van der Waals surface area contributed by atoms with Crippen LogP contribution in [0.4, 0.5) is 0 Å². The maximum Gasteiger partial charge on any atom is 0.338 e. The number of ether oxygens (including phenoxy) is 10. The summed E-state index contributed by atoms with van der Waals surface area (Å²) in [5.74, 6) is -9.15. The van der Waals surface area contributed by atoms with Gasteiger partial charge in [-0.15, -0.1) is 0 Å². The molecule has 4 aliphatic rings. The van der Waals surface area contributed by atoms with Gasteiger partial charge in [-0.2, -0.15) is 0 Å². The Morgan fingerprint density at radius 1 is 0.554 bits per heavy atom. The Kier molecular flexibility index (Phi) is 34.6. The van der Waals surface area contributed by atoms with E-state index in [0.29, 0.717) is 24.0 Å². The lowest BCUT2D eigenvalue weighted by Gasteiger charge is -2.48. The number of methoxy groups -OCH3 is 2. The molecule has 2 aromatic carbocycles. The van der Waals surface area contributed by atoms with E-state index in [9.17, 15) is 48.9 Å². The molecule has 2 fully saturated rings. The number of cyclic esters (lactones) is 2. The minimum absolute atomic E-state index is 0.0958. The molecule has 0 radical (unpaired) electrons. The van der Waals surface area contributed by atoms with Crippen LogP contribution in [0.15, 0.2) is 84.0 Å². The summed E-state index contributed by atoms with van der Waals surface area (Å²) in [6, 6.07) is 16.7. The summed E-state index contributed by atoms with van der Waals surface area (Å²) >= 11 is 0. The molecule has 634 valence electrons.